The van der Waals surface area contributed by atoms with Crippen molar-refractivity contribution >= 4 is 11.9 Å². The maximum atomic E-state index is 13.1. The summed E-state index contributed by atoms with van der Waals surface area (Å²) in [6, 6.07) is 14.1. The number of hydrogen-bond acceptors (Lipinski definition) is 6. The highest BCUT2D eigenvalue weighted by Crippen LogP contribution is 2.16. The van der Waals surface area contributed by atoms with E-state index in [-0.39, 0.29) is 5.91 Å². The van der Waals surface area contributed by atoms with E-state index >= 15 is 0 Å². The molecule has 1 atom stereocenters. The fraction of sp³-hybridized carbons (Fsp3) is 0.280. The molecule has 7 nitrogen and oxygen atoms in total. The Morgan fingerprint density at radius 1 is 0.938 bits per heavy atom. The predicted molar refractivity (Wildman–Crippen MR) is 122 cm³/mol. The summed E-state index contributed by atoms with van der Waals surface area (Å²) < 4.78 is 5.10. The lowest BCUT2D eigenvalue weighted by Gasteiger charge is -2.20. The molecule has 0 radical (unpaired) electrons. The zero-order valence-corrected chi connectivity index (χ0v) is 18.2. The van der Waals surface area contributed by atoms with Crippen molar-refractivity contribution in [3.63, 3.8) is 0 Å². The van der Waals surface area contributed by atoms with Gasteiger partial charge in [-0.1, -0.05) is 24.3 Å². The molecule has 0 spiro atoms. The van der Waals surface area contributed by atoms with Gasteiger partial charge in [0.2, 0.25) is 5.91 Å². The van der Waals surface area contributed by atoms with Crippen molar-refractivity contribution in [2.75, 3.05) is 19.7 Å². The third-order valence-corrected chi connectivity index (χ3v) is 4.91. The van der Waals surface area contributed by atoms with Crippen molar-refractivity contribution in [1.82, 2.24) is 20.6 Å². The number of rotatable bonds is 11. The number of nitrogens with one attached hydrogen (secondary N) is 2. The molecule has 0 bridgehead atoms. The van der Waals surface area contributed by atoms with Gasteiger partial charge in [-0.3, -0.25) is 14.8 Å². The van der Waals surface area contributed by atoms with E-state index < -0.39 is 12.0 Å². The molecule has 0 aliphatic heterocycles. The molecule has 166 valence electrons. The van der Waals surface area contributed by atoms with Crippen LogP contribution in [0.4, 0.5) is 0 Å². The number of ether oxygens (including phenoxy) is 1. The maximum Gasteiger partial charge on any atom is 0.338 e. The lowest BCUT2D eigenvalue weighted by Crippen LogP contribution is -2.39. The van der Waals surface area contributed by atoms with Crippen LogP contribution in [-0.4, -0.2) is 41.5 Å². The smallest absolute Gasteiger partial charge is 0.338 e. The largest absolute Gasteiger partial charge is 0.462 e. The third kappa shape index (κ3) is 6.99. The predicted octanol–water partition coefficient (Wildman–Crippen LogP) is 2.89. The molecule has 32 heavy (non-hydrogen) atoms. The quantitative estimate of drug-likeness (QED) is 0.453. The van der Waals surface area contributed by atoms with E-state index in [1.54, 1.807) is 43.7 Å². The van der Waals surface area contributed by atoms with Crippen LogP contribution in [0.2, 0.25) is 0 Å². The summed E-state index contributed by atoms with van der Waals surface area (Å²) in [4.78, 5) is 33.5. The van der Waals surface area contributed by atoms with Gasteiger partial charge in [0, 0.05) is 37.9 Å². The maximum absolute atomic E-state index is 13.1. The van der Waals surface area contributed by atoms with Gasteiger partial charge < -0.3 is 15.4 Å². The lowest BCUT2D eigenvalue weighted by atomic mass is 10.0. The van der Waals surface area contributed by atoms with E-state index in [1.165, 1.54) is 0 Å². The Hall–Kier alpha value is -3.58. The lowest BCUT2D eigenvalue weighted by molar-refractivity contribution is -0.123. The Labute approximate surface area is 188 Å². The van der Waals surface area contributed by atoms with Crippen molar-refractivity contribution < 1.29 is 14.3 Å². The Bertz CT molecular complexity index is 996. The topological polar surface area (TPSA) is 93.2 Å². The first-order valence-electron chi connectivity index (χ1n) is 10.7. The van der Waals surface area contributed by atoms with Crippen molar-refractivity contribution in [3.05, 3.63) is 95.6 Å². The van der Waals surface area contributed by atoms with Crippen LogP contribution in [0.15, 0.2) is 73.3 Å². The van der Waals surface area contributed by atoms with Crippen LogP contribution < -0.4 is 10.6 Å². The zero-order chi connectivity index (χ0) is 22.6. The van der Waals surface area contributed by atoms with Gasteiger partial charge in [-0.2, -0.15) is 0 Å². The number of nitrogens with zero attached hydrogens (tertiary/aromatic N) is 2. The van der Waals surface area contributed by atoms with E-state index in [2.05, 4.69) is 20.6 Å². The van der Waals surface area contributed by atoms with Gasteiger partial charge in [0.25, 0.3) is 0 Å². The molecule has 0 saturated carbocycles. The summed E-state index contributed by atoms with van der Waals surface area (Å²) in [6.45, 7) is 3.13. The first kappa shape index (κ1) is 23.1. The molecule has 3 aromatic rings. The van der Waals surface area contributed by atoms with Gasteiger partial charge in [0.15, 0.2) is 0 Å². The number of benzene rings is 1. The molecule has 0 aliphatic rings. The minimum atomic E-state index is -0.602. The normalized spacial score (nSPS) is 11.5. The Morgan fingerprint density at radius 2 is 1.62 bits per heavy atom. The van der Waals surface area contributed by atoms with Crippen molar-refractivity contribution in [2.24, 2.45) is 0 Å². The molecular formula is C25H28N4O3. The minimum Gasteiger partial charge on any atom is -0.462 e. The second-order valence-electron chi connectivity index (χ2n) is 7.25. The highest BCUT2D eigenvalue weighted by atomic mass is 16.5. The summed E-state index contributed by atoms with van der Waals surface area (Å²) in [5, 5.41) is 6.32. The standard InChI is InChI=1S/C25H28N4O3/c1-2-32-25(31)22-9-3-8-21(16-22)23(28-14-10-19-6-4-12-26-17-19)24(30)29-15-11-20-7-5-13-27-18-20/h3-9,12-13,16-18,23,28H,2,10-11,14-15H2,1H3,(H,29,30). The van der Waals surface area contributed by atoms with Crippen molar-refractivity contribution in [1.29, 1.82) is 0 Å². The number of amides is 1. The third-order valence-electron chi connectivity index (χ3n) is 4.91. The summed E-state index contributed by atoms with van der Waals surface area (Å²) in [5.74, 6) is -0.554. The van der Waals surface area contributed by atoms with Crippen LogP contribution in [-0.2, 0) is 22.4 Å². The van der Waals surface area contributed by atoms with Crippen LogP contribution in [0.5, 0.6) is 0 Å². The highest BCUT2D eigenvalue weighted by molar-refractivity contribution is 5.90. The average Bonchev–Trinajstić information content (AvgIpc) is 2.83. The van der Waals surface area contributed by atoms with Gasteiger partial charge >= 0.3 is 5.97 Å². The summed E-state index contributed by atoms with van der Waals surface area (Å²) in [7, 11) is 0. The Morgan fingerprint density at radius 3 is 2.25 bits per heavy atom. The van der Waals surface area contributed by atoms with Crippen LogP contribution in [0, 0.1) is 0 Å². The second kappa shape index (κ2) is 12.3. The SMILES string of the molecule is CCOC(=O)c1cccc(C(NCCc2cccnc2)C(=O)NCCc2cccnc2)c1. The monoisotopic (exact) mass is 432 g/mol. The van der Waals surface area contributed by atoms with Gasteiger partial charge in [-0.15, -0.1) is 0 Å². The average molecular weight is 433 g/mol. The molecule has 2 heterocycles. The fourth-order valence-corrected chi connectivity index (χ4v) is 3.31. The zero-order valence-electron chi connectivity index (χ0n) is 18.2. The van der Waals surface area contributed by atoms with Gasteiger partial charge in [-0.25, -0.2) is 4.79 Å². The van der Waals surface area contributed by atoms with E-state index in [0.29, 0.717) is 37.2 Å². The van der Waals surface area contributed by atoms with Gasteiger partial charge in [0.1, 0.15) is 6.04 Å². The first-order valence-corrected chi connectivity index (χ1v) is 10.7. The summed E-state index contributed by atoms with van der Waals surface area (Å²) in [5.41, 5.74) is 3.27. The number of carbonyl (C=O) groups excluding carboxylic acids is 2. The molecule has 0 aliphatic carbocycles. The molecule has 2 N–H and O–H groups in total. The van der Waals surface area contributed by atoms with Crippen LogP contribution in [0.25, 0.3) is 0 Å². The number of esters is 1. The second-order valence-corrected chi connectivity index (χ2v) is 7.25. The molecule has 1 amide bonds. The molecule has 0 saturated heterocycles. The Kier molecular flexibility index (Phi) is 8.89. The fourth-order valence-electron chi connectivity index (χ4n) is 3.31. The number of aromatic nitrogens is 2. The van der Waals surface area contributed by atoms with E-state index in [4.69, 9.17) is 4.74 Å². The molecule has 0 fully saturated rings. The minimum absolute atomic E-state index is 0.152. The van der Waals surface area contributed by atoms with Crippen molar-refractivity contribution in [3.8, 4) is 0 Å². The van der Waals surface area contributed by atoms with Crippen LogP contribution >= 0.6 is 0 Å². The number of pyridine rings is 2. The number of carbonyl (C=O) groups is 2. The van der Waals surface area contributed by atoms with Crippen molar-refractivity contribution in [2.45, 2.75) is 25.8 Å². The van der Waals surface area contributed by atoms with E-state index in [0.717, 1.165) is 17.5 Å². The van der Waals surface area contributed by atoms with Gasteiger partial charge in [-0.05, 0) is 60.7 Å². The molecule has 1 unspecified atom stereocenters. The molecule has 3 rings (SSSR count). The molecule has 1 aromatic carbocycles. The van der Waals surface area contributed by atoms with Crippen LogP contribution in [0.3, 0.4) is 0 Å². The van der Waals surface area contributed by atoms with Crippen LogP contribution in [0.1, 0.15) is 40.0 Å². The first-order chi connectivity index (χ1) is 15.7. The Balaban J connectivity index is 1.69. The molecule has 2 aromatic heterocycles. The molecule has 7 heteroatoms. The summed E-state index contributed by atoms with van der Waals surface area (Å²) >= 11 is 0. The highest BCUT2D eigenvalue weighted by Gasteiger charge is 2.21. The number of hydrogen-bond donors (Lipinski definition) is 2. The van der Waals surface area contributed by atoms with E-state index in [9.17, 15) is 9.59 Å². The summed E-state index contributed by atoms with van der Waals surface area (Å²) in [6.07, 6.45) is 8.47. The molecular weight excluding hydrogens is 404 g/mol. The van der Waals surface area contributed by atoms with Gasteiger partial charge in [0.05, 0.1) is 12.2 Å². The van der Waals surface area contributed by atoms with E-state index in [1.807, 2.05) is 36.5 Å².